The molecule has 7 nitrogen and oxygen atoms in total. The Morgan fingerprint density at radius 2 is 1.97 bits per heavy atom. The number of anilines is 1. The Hall–Kier alpha value is -2.78. The van der Waals surface area contributed by atoms with Gasteiger partial charge in [-0.2, -0.15) is 0 Å². The zero-order chi connectivity index (χ0) is 22.0. The second-order valence-electron chi connectivity index (χ2n) is 7.41. The summed E-state index contributed by atoms with van der Waals surface area (Å²) < 4.78 is 20.9. The number of hydrogen-bond donors (Lipinski definition) is 0. The van der Waals surface area contributed by atoms with Crippen LogP contribution in [0.5, 0.6) is 0 Å². The number of benzene rings is 1. The summed E-state index contributed by atoms with van der Waals surface area (Å²) >= 11 is 1.26. The van der Waals surface area contributed by atoms with E-state index in [1.165, 1.54) is 28.3 Å². The highest BCUT2D eigenvalue weighted by atomic mass is 32.1. The molecule has 1 aliphatic heterocycles. The molecule has 0 aliphatic carbocycles. The molecular weight excluding hydrogens is 419 g/mol. The molecule has 31 heavy (non-hydrogen) atoms. The van der Waals surface area contributed by atoms with Crippen LogP contribution in [0.2, 0.25) is 0 Å². The molecular formula is C22H25FN4O3S. The molecule has 1 fully saturated rings. The third-order valence-electron chi connectivity index (χ3n) is 5.55. The maximum atomic E-state index is 14.1. The SMILES string of the molecule is CCOCCn1cnc2sc(C(=O)N3CCN(c4ccccc4F)CC3)c(C)c2c1=O. The number of para-hydroxylation sites is 1. The normalized spacial score (nSPS) is 14.4. The van der Waals surface area contributed by atoms with Crippen LogP contribution in [-0.4, -0.2) is 59.8 Å². The van der Waals surface area contributed by atoms with Crippen LogP contribution in [0.4, 0.5) is 10.1 Å². The summed E-state index contributed by atoms with van der Waals surface area (Å²) in [6, 6.07) is 6.68. The minimum absolute atomic E-state index is 0.103. The van der Waals surface area contributed by atoms with Crippen LogP contribution in [0, 0.1) is 12.7 Å². The maximum absolute atomic E-state index is 14.1. The average Bonchev–Trinajstić information content (AvgIpc) is 3.12. The van der Waals surface area contributed by atoms with E-state index in [2.05, 4.69) is 4.98 Å². The van der Waals surface area contributed by atoms with Crippen molar-refractivity contribution < 1.29 is 13.9 Å². The number of aryl methyl sites for hydroxylation is 1. The number of nitrogens with zero attached hydrogens (tertiary/aromatic N) is 4. The minimum atomic E-state index is -0.255. The van der Waals surface area contributed by atoms with E-state index in [9.17, 15) is 14.0 Å². The zero-order valence-electron chi connectivity index (χ0n) is 17.6. The number of amides is 1. The predicted octanol–water partition coefficient (Wildman–Crippen LogP) is 2.90. The number of hydrogen-bond acceptors (Lipinski definition) is 6. The Morgan fingerprint density at radius 1 is 1.23 bits per heavy atom. The second kappa shape index (κ2) is 9.15. The monoisotopic (exact) mass is 444 g/mol. The van der Waals surface area contributed by atoms with Gasteiger partial charge in [0.2, 0.25) is 0 Å². The van der Waals surface area contributed by atoms with E-state index in [4.69, 9.17) is 4.74 Å². The lowest BCUT2D eigenvalue weighted by molar-refractivity contribution is 0.0751. The number of carbonyl (C=O) groups is 1. The molecule has 164 valence electrons. The molecule has 1 aliphatic rings. The molecule has 4 rings (SSSR count). The predicted molar refractivity (Wildman–Crippen MR) is 120 cm³/mol. The zero-order valence-corrected chi connectivity index (χ0v) is 18.5. The number of piperazine rings is 1. The van der Waals surface area contributed by atoms with Gasteiger partial charge < -0.3 is 14.5 Å². The van der Waals surface area contributed by atoms with Crippen molar-refractivity contribution >= 4 is 33.1 Å². The summed E-state index contributed by atoms with van der Waals surface area (Å²) in [5.74, 6) is -0.358. The first kappa shape index (κ1) is 21.5. The Kier molecular flexibility index (Phi) is 6.33. The molecule has 0 saturated carbocycles. The standard InChI is InChI=1S/C22H25FN4O3S/c1-3-30-13-12-27-14-24-20-18(21(27)28)15(2)19(31-20)22(29)26-10-8-25(9-11-26)17-7-5-4-6-16(17)23/h4-7,14H,3,8-13H2,1-2H3. The first-order valence-electron chi connectivity index (χ1n) is 10.4. The molecule has 0 spiro atoms. The number of fused-ring (bicyclic) bond motifs is 1. The summed E-state index contributed by atoms with van der Waals surface area (Å²) in [4.78, 5) is 35.3. The molecule has 0 N–H and O–H groups in total. The topological polar surface area (TPSA) is 67.7 Å². The molecule has 3 heterocycles. The lowest BCUT2D eigenvalue weighted by Gasteiger charge is -2.36. The fourth-order valence-corrected chi connectivity index (χ4v) is 4.94. The van der Waals surface area contributed by atoms with Gasteiger partial charge in [-0.25, -0.2) is 9.37 Å². The van der Waals surface area contributed by atoms with Crippen LogP contribution < -0.4 is 10.5 Å². The largest absolute Gasteiger partial charge is 0.380 e. The van der Waals surface area contributed by atoms with Crippen molar-refractivity contribution in [2.24, 2.45) is 0 Å². The third-order valence-corrected chi connectivity index (χ3v) is 6.74. The van der Waals surface area contributed by atoms with Gasteiger partial charge >= 0.3 is 0 Å². The van der Waals surface area contributed by atoms with Crippen molar-refractivity contribution in [2.45, 2.75) is 20.4 Å². The molecule has 0 bridgehead atoms. The Balaban J connectivity index is 1.52. The maximum Gasteiger partial charge on any atom is 0.264 e. The number of thiophene rings is 1. The van der Waals surface area contributed by atoms with Crippen molar-refractivity contribution in [1.82, 2.24) is 14.5 Å². The highest BCUT2D eigenvalue weighted by molar-refractivity contribution is 7.20. The first-order valence-corrected chi connectivity index (χ1v) is 11.2. The van der Waals surface area contributed by atoms with E-state index >= 15 is 0 Å². The van der Waals surface area contributed by atoms with Gasteiger partial charge in [-0.1, -0.05) is 12.1 Å². The Morgan fingerprint density at radius 3 is 2.68 bits per heavy atom. The van der Waals surface area contributed by atoms with Gasteiger partial charge in [0.15, 0.2) is 0 Å². The van der Waals surface area contributed by atoms with Crippen LogP contribution in [-0.2, 0) is 11.3 Å². The number of ether oxygens (including phenoxy) is 1. The summed E-state index contributed by atoms with van der Waals surface area (Å²) in [6.07, 6.45) is 1.51. The van der Waals surface area contributed by atoms with Gasteiger partial charge in [0.05, 0.1) is 35.4 Å². The smallest absolute Gasteiger partial charge is 0.264 e. The number of rotatable bonds is 6. The number of aromatic nitrogens is 2. The molecule has 1 amide bonds. The second-order valence-corrected chi connectivity index (χ2v) is 8.41. The van der Waals surface area contributed by atoms with Gasteiger partial charge in [0.1, 0.15) is 10.6 Å². The van der Waals surface area contributed by atoms with Gasteiger partial charge in [-0.05, 0) is 31.5 Å². The summed E-state index contributed by atoms with van der Waals surface area (Å²) in [5.41, 5.74) is 1.08. The molecule has 0 atom stereocenters. The molecule has 1 saturated heterocycles. The minimum Gasteiger partial charge on any atom is -0.380 e. The summed E-state index contributed by atoms with van der Waals surface area (Å²) in [6.45, 7) is 7.25. The van der Waals surface area contributed by atoms with E-state index < -0.39 is 0 Å². The Labute approximate surface area is 183 Å². The van der Waals surface area contributed by atoms with Crippen molar-refractivity contribution in [1.29, 1.82) is 0 Å². The van der Waals surface area contributed by atoms with Crippen molar-refractivity contribution in [3.8, 4) is 0 Å². The van der Waals surface area contributed by atoms with Crippen molar-refractivity contribution in [3.05, 3.63) is 57.2 Å². The highest BCUT2D eigenvalue weighted by Crippen LogP contribution is 2.29. The third kappa shape index (κ3) is 4.20. The molecule has 1 aromatic carbocycles. The Bertz CT molecular complexity index is 1150. The van der Waals surface area contributed by atoms with E-state index in [0.29, 0.717) is 72.3 Å². The van der Waals surface area contributed by atoms with Crippen LogP contribution in [0.25, 0.3) is 10.2 Å². The highest BCUT2D eigenvalue weighted by Gasteiger charge is 2.27. The average molecular weight is 445 g/mol. The van der Waals surface area contributed by atoms with Crippen LogP contribution >= 0.6 is 11.3 Å². The summed E-state index contributed by atoms with van der Waals surface area (Å²) in [5, 5.41) is 0.498. The van der Waals surface area contributed by atoms with Gasteiger partial charge in [0.25, 0.3) is 11.5 Å². The fraction of sp³-hybridized carbons (Fsp3) is 0.409. The lowest BCUT2D eigenvalue weighted by atomic mass is 10.2. The number of halogens is 1. The van der Waals surface area contributed by atoms with Gasteiger partial charge in [0, 0.05) is 32.8 Å². The molecule has 2 aromatic heterocycles. The van der Waals surface area contributed by atoms with E-state index in [-0.39, 0.29) is 17.3 Å². The van der Waals surface area contributed by atoms with E-state index in [1.54, 1.807) is 24.0 Å². The van der Waals surface area contributed by atoms with Crippen molar-refractivity contribution in [2.75, 3.05) is 44.3 Å². The fourth-order valence-electron chi connectivity index (χ4n) is 3.83. The van der Waals surface area contributed by atoms with Crippen LogP contribution in [0.1, 0.15) is 22.2 Å². The van der Waals surface area contributed by atoms with Crippen LogP contribution in [0.3, 0.4) is 0 Å². The summed E-state index contributed by atoms with van der Waals surface area (Å²) in [7, 11) is 0. The lowest BCUT2D eigenvalue weighted by Crippen LogP contribution is -2.49. The first-order chi connectivity index (χ1) is 15.0. The molecule has 0 radical (unpaired) electrons. The molecule has 9 heteroatoms. The number of carbonyl (C=O) groups excluding carboxylic acids is 1. The van der Waals surface area contributed by atoms with Crippen molar-refractivity contribution in [3.63, 3.8) is 0 Å². The van der Waals surface area contributed by atoms with E-state index in [0.717, 1.165) is 0 Å². The van der Waals surface area contributed by atoms with Gasteiger partial charge in [-0.15, -0.1) is 11.3 Å². The van der Waals surface area contributed by atoms with Gasteiger partial charge in [-0.3, -0.25) is 14.2 Å². The van der Waals surface area contributed by atoms with E-state index in [1.807, 2.05) is 17.9 Å². The van der Waals surface area contributed by atoms with Crippen LogP contribution in [0.15, 0.2) is 35.4 Å². The quantitative estimate of drug-likeness (QED) is 0.547. The molecule has 0 unspecified atom stereocenters. The molecule has 3 aromatic rings.